The lowest BCUT2D eigenvalue weighted by atomic mass is 9.95. The molecule has 1 unspecified atom stereocenters. The first kappa shape index (κ1) is 20.2. The van der Waals surface area contributed by atoms with E-state index in [1.54, 1.807) is 12.1 Å². The van der Waals surface area contributed by atoms with E-state index in [2.05, 4.69) is 0 Å². The lowest BCUT2D eigenvalue weighted by Gasteiger charge is -2.24. The highest BCUT2D eigenvalue weighted by molar-refractivity contribution is 7.89. The highest BCUT2D eigenvalue weighted by Gasteiger charge is 2.33. The van der Waals surface area contributed by atoms with Crippen LogP contribution in [0, 0.1) is 0 Å². The number of alkyl halides is 3. The zero-order valence-electron chi connectivity index (χ0n) is 14.4. The number of nitrogens with zero attached hydrogens (tertiary/aromatic N) is 1. The van der Waals surface area contributed by atoms with E-state index in [-0.39, 0.29) is 10.8 Å². The normalized spacial score (nSPS) is 19.6. The maximum atomic E-state index is 13.0. The van der Waals surface area contributed by atoms with Gasteiger partial charge in [0.15, 0.2) is 0 Å². The third-order valence-corrected chi connectivity index (χ3v) is 6.93. The van der Waals surface area contributed by atoms with Crippen LogP contribution in [0.2, 0.25) is 5.02 Å². The van der Waals surface area contributed by atoms with Gasteiger partial charge in [0.05, 0.1) is 10.5 Å². The predicted molar refractivity (Wildman–Crippen MR) is 98.2 cm³/mol. The van der Waals surface area contributed by atoms with Crippen molar-refractivity contribution in [2.45, 2.75) is 36.3 Å². The molecule has 27 heavy (non-hydrogen) atoms. The van der Waals surface area contributed by atoms with Gasteiger partial charge in [-0.25, -0.2) is 8.42 Å². The van der Waals surface area contributed by atoms with Crippen molar-refractivity contribution >= 4 is 21.6 Å². The number of hydrogen-bond acceptors (Lipinski definition) is 2. The standard InChI is InChI=1S/C19H19ClF3NO2S/c20-17-8-4-14(5-9-17)15-3-1-2-12-24(13-15)27(25,26)18-10-6-16(7-11-18)19(21,22)23/h4-11,15H,1-3,12-13H2. The van der Waals surface area contributed by atoms with Gasteiger partial charge in [0, 0.05) is 18.1 Å². The van der Waals surface area contributed by atoms with Gasteiger partial charge in [0.25, 0.3) is 0 Å². The molecule has 1 aliphatic heterocycles. The molecule has 0 aromatic heterocycles. The SMILES string of the molecule is O=S(=O)(c1ccc(C(F)(F)F)cc1)N1CCCCC(c2ccc(Cl)cc2)C1. The average Bonchev–Trinajstić information content (AvgIpc) is 2.88. The molecule has 1 fully saturated rings. The highest BCUT2D eigenvalue weighted by atomic mass is 35.5. The van der Waals surface area contributed by atoms with Crippen molar-refractivity contribution in [3.8, 4) is 0 Å². The molecule has 1 saturated heterocycles. The first-order chi connectivity index (χ1) is 12.7. The Bertz CT molecular complexity index is 881. The third kappa shape index (κ3) is 4.65. The molecule has 0 radical (unpaired) electrons. The summed E-state index contributed by atoms with van der Waals surface area (Å²) >= 11 is 5.92. The lowest BCUT2D eigenvalue weighted by molar-refractivity contribution is -0.137. The average molecular weight is 418 g/mol. The van der Waals surface area contributed by atoms with Crippen molar-refractivity contribution in [3.05, 3.63) is 64.7 Å². The largest absolute Gasteiger partial charge is 0.416 e. The second-order valence-electron chi connectivity index (χ2n) is 6.63. The van der Waals surface area contributed by atoms with Gasteiger partial charge in [-0.15, -0.1) is 0 Å². The van der Waals surface area contributed by atoms with Crippen LogP contribution >= 0.6 is 11.6 Å². The van der Waals surface area contributed by atoms with Crippen molar-refractivity contribution in [3.63, 3.8) is 0 Å². The predicted octanol–water partition coefficient (Wildman–Crippen LogP) is 5.32. The van der Waals surface area contributed by atoms with Gasteiger partial charge in [-0.2, -0.15) is 17.5 Å². The van der Waals surface area contributed by atoms with Gasteiger partial charge in [0.1, 0.15) is 0 Å². The summed E-state index contributed by atoms with van der Waals surface area (Å²) in [4.78, 5) is -0.118. The lowest BCUT2D eigenvalue weighted by Crippen LogP contribution is -2.34. The van der Waals surface area contributed by atoms with Crippen molar-refractivity contribution in [2.75, 3.05) is 13.1 Å². The van der Waals surface area contributed by atoms with Crippen LogP contribution in [0.4, 0.5) is 13.2 Å². The molecule has 3 nitrogen and oxygen atoms in total. The fourth-order valence-electron chi connectivity index (χ4n) is 3.30. The van der Waals surface area contributed by atoms with E-state index in [0.29, 0.717) is 24.5 Å². The van der Waals surface area contributed by atoms with Crippen molar-refractivity contribution in [1.29, 1.82) is 0 Å². The molecule has 2 aromatic carbocycles. The molecule has 0 saturated carbocycles. The van der Waals surface area contributed by atoms with E-state index >= 15 is 0 Å². The molecule has 0 N–H and O–H groups in total. The number of halogens is 4. The van der Waals surface area contributed by atoms with E-state index in [4.69, 9.17) is 11.6 Å². The van der Waals surface area contributed by atoms with Crippen molar-refractivity contribution in [2.24, 2.45) is 0 Å². The summed E-state index contributed by atoms with van der Waals surface area (Å²) < 4.78 is 65.5. The molecular formula is C19H19ClF3NO2S. The zero-order valence-corrected chi connectivity index (χ0v) is 16.0. The quantitative estimate of drug-likeness (QED) is 0.678. The molecule has 0 aliphatic carbocycles. The van der Waals surface area contributed by atoms with Gasteiger partial charge in [-0.3, -0.25) is 0 Å². The topological polar surface area (TPSA) is 37.4 Å². The second kappa shape index (κ2) is 7.81. The Morgan fingerprint density at radius 1 is 0.963 bits per heavy atom. The van der Waals surface area contributed by atoms with Crippen molar-refractivity contribution < 1.29 is 21.6 Å². The summed E-state index contributed by atoms with van der Waals surface area (Å²) in [5.74, 6) is 0.0222. The van der Waals surface area contributed by atoms with E-state index in [9.17, 15) is 21.6 Å². The Morgan fingerprint density at radius 3 is 2.19 bits per heavy atom. The Labute approximate surface area is 161 Å². The monoisotopic (exact) mass is 417 g/mol. The number of benzene rings is 2. The molecule has 0 amide bonds. The van der Waals surface area contributed by atoms with E-state index in [0.717, 1.165) is 42.7 Å². The highest BCUT2D eigenvalue weighted by Crippen LogP contribution is 2.32. The first-order valence-corrected chi connectivity index (χ1v) is 10.4. The first-order valence-electron chi connectivity index (χ1n) is 8.61. The van der Waals surface area contributed by atoms with Crippen molar-refractivity contribution in [1.82, 2.24) is 4.31 Å². The Kier molecular flexibility index (Phi) is 5.84. The smallest absolute Gasteiger partial charge is 0.207 e. The summed E-state index contributed by atoms with van der Waals surface area (Å²) in [5.41, 5.74) is 0.144. The van der Waals surface area contributed by atoms with Crippen LogP contribution in [-0.4, -0.2) is 25.8 Å². The fourth-order valence-corrected chi connectivity index (χ4v) is 4.95. The van der Waals surface area contributed by atoms with Gasteiger partial charge in [-0.1, -0.05) is 30.2 Å². The molecule has 146 valence electrons. The van der Waals surface area contributed by atoms with Crippen LogP contribution in [0.1, 0.15) is 36.3 Å². The van der Waals surface area contributed by atoms with Crippen LogP contribution in [0.3, 0.4) is 0 Å². The number of rotatable bonds is 3. The fraction of sp³-hybridized carbons (Fsp3) is 0.368. The van der Waals surface area contributed by atoms with Gasteiger partial charge >= 0.3 is 6.18 Å². The summed E-state index contributed by atoms with van der Waals surface area (Å²) in [5, 5.41) is 0.613. The molecule has 8 heteroatoms. The van der Waals surface area contributed by atoms with Crippen LogP contribution in [0.5, 0.6) is 0 Å². The minimum atomic E-state index is -4.50. The van der Waals surface area contributed by atoms with E-state index < -0.39 is 21.8 Å². The Morgan fingerprint density at radius 2 is 1.59 bits per heavy atom. The Balaban J connectivity index is 1.85. The maximum absolute atomic E-state index is 13.0. The Hall–Kier alpha value is -1.57. The summed E-state index contributed by atoms with van der Waals surface area (Å²) in [7, 11) is -3.86. The molecule has 3 rings (SSSR count). The zero-order chi connectivity index (χ0) is 19.7. The minimum Gasteiger partial charge on any atom is -0.207 e. The summed E-state index contributed by atoms with van der Waals surface area (Å²) in [6, 6.07) is 11.0. The van der Waals surface area contributed by atoms with E-state index in [1.165, 1.54) is 4.31 Å². The molecule has 2 aromatic rings. The minimum absolute atomic E-state index is 0.0222. The van der Waals surface area contributed by atoms with Crippen LogP contribution in [0.15, 0.2) is 53.4 Å². The van der Waals surface area contributed by atoms with E-state index in [1.807, 2.05) is 12.1 Å². The summed E-state index contributed by atoms with van der Waals surface area (Å²) in [6.45, 7) is 0.651. The molecular weight excluding hydrogens is 399 g/mol. The molecule has 1 atom stereocenters. The molecule has 1 heterocycles. The van der Waals surface area contributed by atoms with Gasteiger partial charge < -0.3 is 0 Å². The molecule has 0 bridgehead atoms. The second-order valence-corrected chi connectivity index (χ2v) is 9.00. The van der Waals surface area contributed by atoms with Gasteiger partial charge in [-0.05, 0) is 60.7 Å². The maximum Gasteiger partial charge on any atom is 0.416 e. The van der Waals surface area contributed by atoms with Crippen LogP contribution in [-0.2, 0) is 16.2 Å². The van der Waals surface area contributed by atoms with Crippen LogP contribution in [0.25, 0.3) is 0 Å². The summed E-state index contributed by atoms with van der Waals surface area (Å²) in [6.07, 6.45) is -2.05. The van der Waals surface area contributed by atoms with Crippen LogP contribution < -0.4 is 0 Å². The third-order valence-electron chi connectivity index (χ3n) is 4.79. The number of hydrogen-bond donors (Lipinski definition) is 0. The molecule has 1 aliphatic rings. The van der Waals surface area contributed by atoms with Gasteiger partial charge in [0.2, 0.25) is 10.0 Å². The number of sulfonamides is 1. The molecule has 0 spiro atoms.